The number of nitrogens with zero attached hydrogens (tertiary/aromatic N) is 1. The summed E-state index contributed by atoms with van der Waals surface area (Å²) >= 11 is 6.04. The molecule has 1 aromatic carbocycles. The predicted octanol–water partition coefficient (Wildman–Crippen LogP) is 4.09. The van der Waals surface area contributed by atoms with Gasteiger partial charge < -0.3 is 19.5 Å². The molecule has 1 aliphatic carbocycles. The number of anilines is 1. The van der Waals surface area contributed by atoms with E-state index < -0.39 is 17.9 Å². The molecule has 2 N–H and O–H groups in total. The first-order chi connectivity index (χ1) is 16.0. The van der Waals surface area contributed by atoms with Crippen LogP contribution in [0.25, 0.3) is 0 Å². The number of amides is 3. The minimum Gasteiger partial charge on any atom is -0.467 e. The molecule has 4 rings (SSSR count). The lowest BCUT2D eigenvalue weighted by molar-refractivity contribution is -0.127. The summed E-state index contributed by atoms with van der Waals surface area (Å²) in [4.78, 5) is 40.4. The van der Waals surface area contributed by atoms with Crippen molar-refractivity contribution >= 4 is 35.0 Å². The molecule has 1 fully saturated rings. The summed E-state index contributed by atoms with van der Waals surface area (Å²) < 4.78 is 10.6. The third kappa shape index (κ3) is 5.46. The van der Waals surface area contributed by atoms with Gasteiger partial charge in [0.15, 0.2) is 11.8 Å². The first-order valence-electron chi connectivity index (χ1n) is 10.8. The maximum Gasteiger partial charge on any atom is 0.287 e. The van der Waals surface area contributed by atoms with Crippen LogP contribution in [0.2, 0.25) is 5.02 Å². The summed E-state index contributed by atoms with van der Waals surface area (Å²) in [6.45, 7) is -0.351. The molecular formula is C24H24ClN3O5. The van der Waals surface area contributed by atoms with Crippen molar-refractivity contribution in [2.24, 2.45) is 0 Å². The number of nitrogens with one attached hydrogen (secondary N) is 2. The molecule has 0 bridgehead atoms. The van der Waals surface area contributed by atoms with Gasteiger partial charge >= 0.3 is 0 Å². The molecule has 1 saturated carbocycles. The molecule has 3 amide bonds. The molecule has 1 atom stereocenters. The summed E-state index contributed by atoms with van der Waals surface area (Å²) in [7, 11) is 0. The van der Waals surface area contributed by atoms with E-state index in [1.54, 1.807) is 42.5 Å². The number of carbonyl (C=O) groups is 3. The molecule has 2 aromatic heterocycles. The highest BCUT2D eigenvalue weighted by atomic mass is 35.5. The quantitative estimate of drug-likeness (QED) is 0.517. The third-order valence-corrected chi connectivity index (χ3v) is 5.79. The molecule has 2 heterocycles. The molecule has 0 saturated heterocycles. The number of furan rings is 2. The van der Waals surface area contributed by atoms with Crippen LogP contribution in [-0.4, -0.2) is 30.3 Å². The van der Waals surface area contributed by atoms with Gasteiger partial charge in [-0.3, -0.25) is 19.3 Å². The second-order valence-electron chi connectivity index (χ2n) is 7.81. The Kier molecular flexibility index (Phi) is 7.14. The van der Waals surface area contributed by atoms with E-state index in [4.69, 9.17) is 20.4 Å². The van der Waals surface area contributed by atoms with Gasteiger partial charge in [0.05, 0.1) is 19.1 Å². The first-order valence-corrected chi connectivity index (χ1v) is 11.1. The number of hydrogen-bond acceptors (Lipinski definition) is 5. The Hall–Kier alpha value is -3.52. The van der Waals surface area contributed by atoms with Crippen molar-refractivity contribution in [1.82, 2.24) is 10.6 Å². The van der Waals surface area contributed by atoms with Crippen molar-refractivity contribution in [3.63, 3.8) is 0 Å². The SMILES string of the molecule is O=C(NCC(=O)N(c1ccc(Cl)cc1)C(C(=O)NC1CCCC1)c1ccco1)c1ccco1. The number of benzene rings is 1. The Morgan fingerprint density at radius 2 is 1.70 bits per heavy atom. The first kappa shape index (κ1) is 22.7. The zero-order chi connectivity index (χ0) is 23.2. The van der Waals surface area contributed by atoms with E-state index in [9.17, 15) is 14.4 Å². The van der Waals surface area contributed by atoms with Gasteiger partial charge in [-0.05, 0) is 61.4 Å². The van der Waals surface area contributed by atoms with Crippen LogP contribution in [0.3, 0.4) is 0 Å². The molecule has 1 unspecified atom stereocenters. The van der Waals surface area contributed by atoms with Crippen molar-refractivity contribution in [2.45, 2.75) is 37.8 Å². The predicted molar refractivity (Wildman–Crippen MR) is 122 cm³/mol. The Morgan fingerprint density at radius 3 is 2.33 bits per heavy atom. The van der Waals surface area contributed by atoms with Gasteiger partial charge in [-0.1, -0.05) is 24.4 Å². The minimum absolute atomic E-state index is 0.0517. The van der Waals surface area contributed by atoms with Crippen molar-refractivity contribution in [3.8, 4) is 0 Å². The molecule has 1 aliphatic rings. The number of rotatable bonds is 8. The molecule has 0 aliphatic heterocycles. The molecule has 9 heteroatoms. The average molecular weight is 470 g/mol. The summed E-state index contributed by atoms with van der Waals surface area (Å²) in [5.74, 6) is -0.986. The molecule has 3 aromatic rings. The lowest BCUT2D eigenvalue weighted by atomic mass is 10.1. The van der Waals surface area contributed by atoms with Crippen molar-refractivity contribution in [3.05, 3.63) is 77.6 Å². The summed E-state index contributed by atoms with van der Waals surface area (Å²) in [6.07, 6.45) is 6.71. The topological polar surface area (TPSA) is 105 Å². The maximum absolute atomic E-state index is 13.4. The van der Waals surface area contributed by atoms with Gasteiger partial charge in [0.2, 0.25) is 5.91 Å². The van der Waals surface area contributed by atoms with Crippen LogP contribution in [0.5, 0.6) is 0 Å². The van der Waals surface area contributed by atoms with Gasteiger partial charge in [-0.15, -0.1) is 0 Å². The van der Waals surface area contributed by atoms with Gasteiger partial charge in [0.25, 0.3) is 11.8 Å². The van der Waals surface area contributed by atoms with E-state index in [2.05, 4.69) is 10.6 Å². The van der Waals surface area contributed by atoms with Crippen LogP contribution < -0.4 is 15.5 Å². The second-order valence-corrected chi connectivity index (χ2v) is 8.24. The zero-order valence-corrected chi connectivity index (χ0v) is 18.6. The second kappa shape index (κ2) is 10.4. The maximum atomic E-state index is 13.4. The van der Waals surface area contributed by atoms with Crippen LogP contribution in [0.15, 0.2) is 69.9 Å². The van der Waals surface area contributed by atoms with Crippen molar-refractivity contribution < 1.29 is 23.2 Å². The van der Waals surface area contributed by atoms with Crippen LogP contribution in [0, 0.1) is 0 Å². The number of carbonyl (C=O) groups excluding carboxylic acids is 3. The molecule has 172 valence electrons. The fourth-order valence-electron chi connectivity index (χ4n) is 3.95. The van der Waals surface area contributed by atoms with Gasteiger partial charge in [0, 0.05) is 16.8 Å². The highest BCUT2D eigenvalue weighted by Gasteiger charge is 2.36. The van der Waals surface area contributed by atoms with E-state index >= 15 is 0 Å². The van der Waals surface area contributed by atoms with Crippen LogP contribution in [0.1, 0.15) is 48.0 Å². The van der Waals surface area contributed by atoms with Gasteiger partial charge in [-0.2, -0.15) is 0 Å². The van der Waals surface area contributed by atoms with E-state index in [0.717, 1.165) is 25.7 Å². The molecule has 8 nitrogen and oxygen atoms in total. The number of hydrogen-bond donors (Lipinski definition) is 2. The Balaban J connectivity index is 1.63. The Labute approximate surface area is 195 Å². The van der Waals surface area contributed by atoms with Gasteiger partial charge in [-0.25, -0.2) is 0 Å². The minimum atomic E-state index is -1.06. The van der Waals surface area contributed by atoms with E-state index in [-0.39, 0.29) is 24.3 Å². The van der Waals surface area contributed by atoms with Crippen LogP contribution >= 0.6 is 11.6 Å². The fourth-order valence-corrected chi connectivity index (χ4v) is 4.07. The van der Waals surface area contributed by atoms with Crippen molar-refractivity contribution in [2.75, 3.05) is 11.4 Å². The van der Waals surface area contributed by atoms with Gasteiger partial charge in [0.1, 0.15) is 5.76 Å². The molecule has 0 spiro atoms. The highest BCUT2D eigenvalue weighted by Crippen LogP contribution is 2.30. The largest absolute Gasteiger partial charge is 0.467 e. The van der Waals surface area contributed by atoms with E-state index in [1.165, 1.54) is 23.5 Å². The summed E-state index contributed by atoms with van der Waals surface area (Å²) in [5.41, 5.74) is 0.444. The molecule has 0 radical (unpaired) electrons. The van der Waals surface area contributed by atoms with E-state index in [0.29, 0.717) is 16.5 Å². The fraction of sp³-hybridized carbons (Fsp3) is 0.292. The number of halogens is 1. The molecule has 33 heavy (non-hydrogen) atoms. The lowest BCUT2D eigenvalue weighted by Gasteiger charge is -2.31. The highest BCUT2D eigenvalue weighted by molar-refractivity contribution is 6.30. The normalized spacial score (nSPS) is 14.6. The third-order valence-electron chi connectivity index (χ3n) is 5.54. The summed E-state index contributed by atoms with van der Waals surface area (Å²) in [6, 6.07) is 11.9. The smallest absolute Gasteiger partial charge is 0.287 e. The molecular weight excluding hydrogens is 446 g/mol. The Bertz CT molecular complexity index is 1070. The monoisotopic (exact) mass is 469 g/mol. The standard InChI is InChI=1S/C24H24ClN3O5/c25-16-9-11-18(12-10-16)28(21(29)15-26-23(30)20-8-4-14-33-20)22(19-7-3-13-32-19)24(31)27-17-5-1-2-6-17/h3-4,7-14,17,22H,1-2,5-6,15H2,(H,26,30)(H,27,31). The lowest BCUT2D eigenvalue weighted by Crippen LogP contribution is -2.49. The zero-order valence-electron chi connectivity index (χ0n) is 17.8. The van der Waals surface area contributed by atoms with Crippen molar-refractivity contribution in [1.29, 1.82) is 0 Å². The van der Waals surface area contributed by atoms with E-state index in [1.807, 2.05) is 0 Å². The van der Waals surface area contributed by atoms with Crippen LogP contribution in [0.4, 0.5) is 5.69 Å². The van der Waals surface area contributed by atoms with Crippen LogP contribution in [-0.2, 0) is 9.59 Å². The summed E-state index contributed by atoms with van der Waals surface area (Å²) in [5, 5.41) is 6.08. The average Bonchev–Trinajstić information content (AvgIpc) is 3.60. The Morgan fingerprint density at radius 1 is 1.00 bits per heavy atom.